The summed E-state index contributed by atoms with van der Waals surface area (Å²) < 4.78 is 35.0. The Morgan fingerprint density at radius 1 is 1.10 bits per heavy atom. The molecule has 0 bridgehead atoms. The quantitative estimate of drug-likeness (QED) is 0.629. The van der Waals surface area contributed by atoms with Crippen LogP contribution in [-0.4, -0.2) is 40.8 Å². The summed E-state index contributed by atoms with van der Waals surface area (Å²) in [6.45, 7) is 2.46. The van der Waals surface area contributed by atoms with Crippen LogP contribution in [0.3, 0.4) is 0 Å². The van der Waals surface area contributed by atoms with E-state index < -0.39 is 29.0 Å². The number of nitrogens with zero attached hydrogens (tertiary/aromatic N) is 3. The van der Waals surface area contributed by atoms with Gasteiger partial charge in [-0.05, 0) is 42.3 Å². The molecule has 0 spiro atoms. The first kappa shape index (κ1) is 20.7. The van der Waals surface area contributed by atoms with E-state index in [0.717, 1.165) is 6.20 Å². The van der Waals surface area contributed by atoms with Gasteiger partial charge in [-0.25, -0.2) is 8.78 Å². The van der Waals surface area contributed by atoms with E-state index in [1.54, 1.807) is 29.2 Å². The number of benzene rings is 2. The lowest BCUT2D eigenvalue weighted by molar-refractivity contribution is 0.0645. The Hall–Kier alpha value is -3.55. The van der Waals surface area contributed by atoms with Gasteiger partial charge in [0.05, 0.1) is 19.3 Å². The summed E-state index contributed by atoms with van der Waals surface area (Å²) in [5, 5.41) is 4.23. The fourth-order valence-electron chi connectivity index (χ4n) is 4.19. The monoisotopic (exact) mass is 425 g/mol. The molecule has 0 saturated carbocycles. The van der Waals surface area contributed by atoms with Crippen LogP contribution in [0, 0.1) is 11.6 Å². The molecule has 31 heavy (non-hydrogen) atoms. The fourth-order valence-corrected chi connectivity index (χ4v) is 4.19. The summed E-state index contributed by atoms with van der Waals surface area (Å²) in [6.07, 6.45) is 1.10. The van der Waals surface area contributed by atoms with Gasteiger partial charge in [0.1, 0.15) is 11.6 Å². The molecule has 1 aliphatic rings. The molecule has 0 unspecified atom stereocenters. The molecule has 1 atom stereocenters. The summed E-state index contributed by atoms with van der Waals surface area (Å²) in [5.74, 6) is -1.86. The van der Waals surface area contributed by atoms with E-state index in [-0.39, 0.29) is 23.9 Å². The lowest BCUT2D eigenvalue weighted by Gasteiger charge is -2.39. The van der Waals surface area contributed by atoms with Gasteiger partial charge in [-0.2, -0.15) is 5.10 Å². The Kier molecular flexibility index (Phi) is 5.54. The molecule has 2 aromatic carbocycles. The minimum atomic E-state index is -0.535. The molecular formula is C23H21F2N3O3. The number of carbonyl (C=O) groups is 1. The molecule has 0 N–H and O–H groups in total. The third-order valence-electron chi connectivity index (χ3n) is 5.56. The molecule has 1 aromatic heterocycles. The number of likely N-dealkylation sites (N-methyl/N-ethyl adjacent to an activating group) is 1. The number of methoxy groups -OCH3 is 1. The molecule has 0 radical (unpaired) electrons. The zero-order chi connectivity index (χ0) is 22.1. The molecule has 8 heteroatoms. The maximum Gasteiger partial charge on any atom is 0.276 e. The van der Waals surface area contributed by atoms with Crippen LogP contribution in [0.15, 0.2) is 59.5 Å². The number of carbonyl (C=O) groups excluding carboxylic acids is 1. The van der Waals surface area contributed by atoms with E-state index in [9.17, 15) is 18.4 Å². The van der Waals surface area contributed by atoms with E-state index in [4.69, 9.17) is 4.74 Å². The van der Waals surface area contributed by atoms with Gasteiger partial charge in [-0.3, -0.25) is 14.3 Å². The van der Waals surface area contributed by atoms with Gasteiger partial charge >= 0.3 is 0 Å². The van der Waals surface area contributed by atoms with Crippen LogP contribution in [0.2, 0.25) is 0 Å². The van der Waals surface area contributed by atoms with Crippen molar-refractivity contribution >= 4 is 5.91 Å². The zero-order valence-electron chi connectivity index (χ0n) is 17.1. The second kappa shape index (κ2) is 8.29. The third-order valence-corrected chi connectivity index (χ3v) is 5.56. The number of rotatable bonds is 5. The van der Waals surface area contributed by atoms with Crippen molar-refractivity contribution in [2.24, 2.45) is 0 Å². The van der Waals surface area contributed by atoms with Crippen molar-refractivity contribution in [1.29, 1.82) is 0 Å². The number of halogens is 2. The Morgan fingerprint density at radius 2 is 1.71 bits per heavy atom. The SMILES string of the molecule is CCN1C[C@H](C(c2cccc(F)c2)c2cccc(F)c2)n2ncc(=O)c(OC)c2C1=O. The topological polar surface area (TPSA) is 64.4 Å². The van der Waals surface area contributed by atoms with Crippen LogP contribution >= 0.6 is 0 Å². The first-order valence-electron chi connectivity index (χ1n) is 9.90. The van der Waals surface area contributed by atoms with Crippen LogP contribution in [0.1, 0.15) is 40.5 Å². The number of aromatic nitrogens is 2. The van der Waals surface area contributed by atoms with Gasteiger partial charge in [-0.1, -0.05) is 24.3 Å². The minimum Gasteiger partial charge on any atom is -0.491 e. The van der Waals surface area contributed by atoms with Crippen molar-refractivity contribution in [2.75, 3.05) is 20.2 Å². The highest BCUT2D eigenvalue weighted by atomic mass is 19.1. The van der Waals surface area contributed by atoms with Gasteiger partial charge in [0.15, 0.2) is 11.4 Å². The van der Waals surface area contributed by atoms with Crippen molar-refractivity contribution < 1.29 is 18.3 Å². The van der Waals surface area contributed by atoms with Crippen LogP contribution < -0.4 is 10.2 Å². The fraction of sp³-hybridized carbons (Fsp3) is 0.261. The average Bonchev–Trinajstić information content (AvgIpc) is 2.75. The molecule has 160 valence electrons. The van der Waals surface area contributed by atoms with Crippen molar-refractivity contribution in [3.8, 4) is 5.75 Å². The molecule has 0 aliphatic carbocycles. The van der Waals surface area contributed by atoms with Crippen molar-refractivity contribution in [3.05, 3.63) is 93.4 Å². The molecule has 3 aromatic rings. The maximum atomic E-state index is 14.1. The van der Waals surface area contributed by atoms with E-state index >= 15 is 0 Å². The Balaban J connectivity index is 1.98. The summed E-state index contributed by atoms with van der Waals surface area (Å²) in [7, 11) is 1.32. The van der Waals surface area contributed by atoms with Crippen molar-refractivity contribution in [1.82, 2.24) is 14.7 Å². The maximum absolute atomic E-state index is 14.1. The highest BCUT2D eigenvalue weighted by Crippen LogP contribution is 2.39. The van der Waals surface area contributed by atoms with E-state index in [0.29, 0.717) is 17.7 Å². The highest BCUT2D eigenvalue weighted by molar-refractivity contribution is 5.95. The number of hydrogen-bond donors (Lipinski definition) is 0. The summed E-state index contributed by atoms with van der Waals surface area (Å²) in [5.41, 5.74) is 0.732. The zero-order valence-corrected chi connectivity index (χ0v) is 17.1. The molecule has 0 saturated heterocycles. The Morgan fingerprint density at radius 3 is 2.23 bits per heavy atom. The molecular weight excluding hydrogens is 404 g/mol. The van der Waals surface area contributed by atoms with Crippen molar-refractivity contribution in [2.45, 2.75) is 18.9 Å². The lowest BCUT2D eigenvalue weighted by Crippen LogP contribution is -2.47. The van der Waals surface area contributed by atoms with Crippen LogP contribution in [-0.2, 0) is 0 Å². The van der Waals surface area contributed by atoms with Crippen LogP contribution in [0.25, 0.3) is 0 Å². The standard InChI is InChI=1S/C23H21F2N3O3/c1-3-27-13-18(28-21(23(27)30)22(31-2)19(29)12-26-28)20(14-6-4-8-16(24)10-14)15-7-5-9-17(25)11-15/h4-12,18,20H,3,13H2,1-2H3/t18-/m1/s1. The van der Waals surface area contributed by atoms with E-state index in [1.165, 1.54) is 36.1 Å². The number of fused-ring (bicyclic) bond motifs is 1. The average molecular weight is 425 g/mol. The second-order valence-corrected chi connectivity index (χ2v) is 7.33. The first-order chi connectivity index (χ1) is 14.9. The molecule has 6 nitrogen and oxygen atoms in total. The summed E-state index contributed by atoms with van der Waals surface area (Å²) in [4.78, 5) is 26.9. The normalized spacial score (nSPS) is 15.8. The molecule has 0 fully saturated rings. The lowest BCUT2D eigenvalue weighted by atomic mass is 9.83. The minimum absolute atomic E-state index is 0.0332. The summed E-state index contributed by atoms with van der Waals surface area (Å²) in [6, 6.07) is 11.6. The number of amides is 1. The molecule has 2 heterocycles. The van der Waals surface area contributed by atoms with Gasteiger partial charge in [0.25, 0.3) is 5.91 Å². The largest absolute Gasteiger partial charge is 0.491 e. The predicted octanol–water partition coefficient (Wildman–Crippen LogP) is 3.38. The van der Waals surface area contributed by atoms with E-state index in [2.05, 4.69) is 5.10 Å². The van der Waals surface area contributed by atoms with Crippen molar-refractivity contribution in [3.63, 3.8) is 0 Å². The number of hydrogen-bond acceptors (Lipinski definition) is 4. The number of ether oxygens (including phenoxy) is 1. The summed E-state index contributed by atoms with van der Waals surface area (Å²) >= 11 is 0. The highest BCUT2D eigenvalue weighted by Gasteiger charge is 2.39. The smallest absolute Gasteiger partial charge is 0.276 e. The van der Waals surface area contributed by atoms with Crippen LogP contribution in [0.5, 0.6) is 5.75 Å². The van der Waals surface area contributed by atoms with Crippen LogP contribution in [0.4, 0.5) is 8.78 Å². The van der Waals surface area contributed by atoms with Gasteiger partial charge in [0.2, 0.25) is 5.43 Å². The molecule has 1 aliphatic heterocycles. The second-order valence-electron chi connectivity index (χ2n) is 7.33. The molecule has 4 rings (SSSR count). The van der Waals surface area contributed by atoms with Gasteiger partial charge < -0.3 is 9.64 Å². The van der Waals surface area contributed by atoms with Gasteiger partial charge in [-0.15, -0.1) is 0 Å². The third kappa shape index (κ3) is 3.69. The predicted molar refractivity (Wildman–Crippen MR) is 110 cm³/mol. The molecule has 1 amide bonds. The first-order valence-corrected chi connectivity index (χ1v) is 9.90. The Labute approximate surface area is 177 Å². The Bertz CT molecular complexity index is 1150. The van der Waals surface area contributed by atoms with Gasteiger partial charge in [0, 0.05) is 19.0 Å². The van der Waals surface area contributed by atoms with E-state index in [1.807, 2.05) is 6.92 Å².